The van der Waals surface area contributed by atoms with Crippen LogP contribution in [0.25, 0.3) is 10.8 Å². The van der Waals surface area contributed by atoms with Crippen LogP contribution >= 0.6 is 0 Å². The van der Waals surface area contributed by atoms with Crippen LogP contribution in [-0.2, 0) is 0 Å². The standard InChI is InChI=1S/C15H16N2O3/c1-2-15(20)8-17(9-15)14(19)12-7-10-5-3-4-6-11(10)13(18)16-12/h3-7,20H,2,8-9H2,1H3,(H,16,18). The summed E-state index contributed by atoms with van der Waals surface area (Å²) in [6.45, 7) is 2.52. The Morgan fingerprint density at radius 3 is 2.80 bits per heavy atom. The summed E-state index contributed by atoms with van der Waals surface area (Å²) >= 11 is 0. The minimum absolute atomic E-state index is 0.244. The van der Waals surface area contributed by atoms with Gasteiger partial charge in [0, 0.05) is 5.39 Å². The lowest BCUT2D eigenvalue weighted by atomic mass is 9.91. The van der Waals surface area contributed by atoms with Gasteiger partial charge in [-0.15, -0.1) is 0 Å². The van der Waals surface area contributed by atoms with E-state index in [0.29, 0.717) is 24.9 Å². The maximum atomic E-state index is 12.3. The molecule has 3 rings (SSSR count). The molecule has 0 spiro atoms. The number of hydrogen-bond donors (Lipinski definition) is 2. The van der Waals surface area contributed by atoms with Crippen molar-refractivity contribution in [2.45, 2.75) is 18.9 Å². The van der Waals surface area contributed by atoms with Gasteiger partial charge in [0.15, 0.2) is 0 Å². The highest BCUT2D eigenvalue weighted by atomic mass is 16.3. The molecule has 0 atom stereocenters. The average molecular weight is 272 g/mol. The predicted molar refractivity (Wildman–Crippen MR) is 75.7 cm³/mol. The number of fused-ring (bicyclic) bond motifs is 1. The monoisotopic (exact) mass is 272 g/mol. The smallest absolute Gasteiger partial charge is 0.270 e. The van der Waals surface area contributed by atoms with Crippen LogP contribution in [-0.4, -0.2) is 39.6 Å². The van der Waals surface area contributed by atoms with Crippen molar-refractivity contribution in [2.75, 3.05) is 13.1 Å². The van der Waals surface area contributed by atoms with Crippen molar-refractivity contribution in [3.05, 3.63) is 46.4 Å². The second kappa shape index (κ2) is 4.45. The molecule has 5 heteroatoms. The Bertz CT molecular complexity index is 729. The second-order valence-electron chi connectivity index (χ2n) is 5.34. The fourth-order valence-electron chi connectivity index (χ4n) is 2.53. The van der Waals surface area contributed by atoms with E-state index in [9.17, 15) is 14.7 Å². The first-order valence-corrected chi connectivity index (χ1v) is 6.66. The van der Waals surface area contributed by atoms with Gasteiger partial charge in [-0.25, -0.2) is 0 Å². The molecule has 0 unspecified atom stereocenters. The molecule has 5 nitrogen and oxygen atoms in total. The number of carbonyl (C=O) groups excluding carboxylic acids is 1. The molecule has 1 aromatic carbocycles. The van der Waals surface area contributed by atoms with Gasteiger partial charge >= 0.3 is 0 Å². The largest absolute Gasteiger partial charge is 0.386 e. The van der Waals surface area contributed by atoms with Gasteiger partial charge < -0.3 is 15.0 Å². The summed E-state index contributed by atoms with van der Waals surface area (Å²) in [5.74, 6) is -0.244. The molecule has 0 radical (unpaired) electrons. The molecule has 1 aliphatic heterocycles. The SMILES string of the molecule is CCC1(O)CN(C(=O)c2cc3ccccc3c(=O)[nH]2)C1. The normalized spacial score (nSPS) is 17.0. The number of H-pyrrole nitrogens is 1. The van der Waals surface area contributed by atoms with Gasteiger partial charge in [0.05, 0.1) is 18.7 Å². The van der Waals surface area contributed by atoms with Crippen molar-refractivity contribution >= 4 is 16.7 Å². The number of carbonyl (C=O) groups is 1. The number of aromatic nitrogens is 1. The van der Waals surface area contributed by atoms with Crippen LogP contribution in [0.5, 0.6) is 0 Å². The molecular formula is C15H16N2O3. The number of benzene rings is 1. The molecule has 2 heterocycles. The van der Waals surface area contributed by atoms with E-state index in [0.717, 1.165) is 5.39 Å². The lowest BCUT2D eigenvalue weighted by Gasteiger charge is -2.45. The Kier molecular flexibility index (Phi) is 2.87. The molecule has 1 amide bonds. The van der Waals surface area contributed by atoms with Gasteiger partial charge in [-0.1, -0.05) is 25.1 Å². The Hall–Kier alpha value is -2.14. The highest BCUT2D eigenvalue weighted by molar-refractivity contribution is 5.96. The Morgan fingerprint density at radius 2 is 2.10 bits per heavy atom. The molecule has 0 aliphatic carbocycles. The number of pyridine rings is 1. The van der Waals surface area contributed by atoms with E-state index in [2.05, 4.69) is 4.98 Å². The summed E-state index contributed by atoms with van der Waals surface area (Å²) < 4.78 is 0. The third kappa shape index (κ3) is 2.00. The van der Waals surface area contributed by atoms with Crippen molar-refractivity contribution in [3.8, 4) is 0 Å². The lowest BCUT2D eigenvalue weighted by Crippen LogP contribution is -2.63. The summed E-state index contributed by atoms with van der Waals surface area (Å²) in [6.07, 6.45) is 0.616. The first kappa shape index (κ1) is 12.9. The molecule has 1 fully saturated rings. The molecule has 20 heavy (non-hydrogen) atoms. The number of aromatic amines is 1. The number of amides is 1. The predicted octanol–water partition coefficient (Wildman–Crippen LogP) is 1.12. The quantitative estimate of drug-likeness (QED) is 0.860. The highest BCUT2D eigenvalue weighted by Gasteiger charge is 2.42. The Morgan fingerprint density at radius 1 is 1.40 bits per heavy atom. The van der Waals surface area contributed by atoms with E-state index in [4.69, 9.17) is 0 Å². The van der Waals surface area contributed by atoms with Gasteiger partial charge in [0.1, 0.15) is 5.69 Å². The number of likely N-dealkylation sites (tertiary alicyclic amines) is 1. The molecule has 1 saturated heterocycles. The summed E-state index contributed by atoms with van der Waals surface area (Å²) in [6, 6.07) is 8.83. The molecule has 0 saturated carbocycles. The molecule has 104 valence electrons. The summed E-state index contributed by atoms with van der Waals surface area (Å²) in [4.78, 5) is 28.4. The second-order valence-corrected chi connectivity index (χ2v) is 5.34. The first-order valence-electron chi connectivity index (χ1n) is 6.66. The maximum Gasteiger partial charge on any atom is 0.270 e. The van der Waals surface area contributed by atoms with E-state index in [1.807, 2.05) is 13.0 Å². The number of rotatable bonds is 2. The van der Waals surface area contributed by atoms with Crippen molar-refractivity contribution in [1.82, 2.24) is 9.88 Å². The summed E-state index contributed by atoms with van der Waals surface area (Å²) in [7, 11) is 0. The lowest BCUT2D eigenvalue weighted by molar-refractivity contribution is -0.0828. The van der Waals surface area contributed by atoms with Gasteiger partial charge in [0.25, 0.3) is 11.5 Å². The topological polar surface area (TPSA) is 73.4 Å². The van der Waals surface area contributed by atoms with Crippen LogP contribution in [0, 0.1) is 0 Å². The number of hydrogen-bond acceptors (Lipinski definition) is 3. The molecular weight excluding hydrogens is 256 g/mol. The molecule has 2 N–H and O–H groups in total. The summed E-state index contributed by atoms with van der Waals surface area (Å²) in [5, 5.41) is 11.3. The fraction of sp³-hybridized carbons (Fsp3) is 0.333. The van der Waals surface area contributed by atoms with Crippen molar-refractivity contribution in [1.29, 1.82) is 0 Å². The van der Waals surface area contributed by atoms with E-state index in [-0.39, 0.29) is 17.2 Å². The molecule has 1 aromatic heterocycles. The molecule has 1 aliphatic rings. The van der Waals surface area contributed by atoms with E-state index >= 15 is 0 Å². The van der Waals surface area contributed by atoms with Gasteiger partial charge in [-0.2, -0.15) is 0 Å². The van der Waals surface area contributed by atoms with Crippen LogP contribution in [0.1, 0.15) is 23.8 Å². The van der Waals surface area contributed by atoms with Crippen molar-refractivity contribution in [3.63, 3.8) is 0 Å². The zero-order valence-electron chi connectivity index (χ0n) is 11.2. The van der Waals surface area contributed by atoms with E-state index in [1.165, 1.54) is 0 Å². The van der Waals surface area contributed by atoms with Crippen LogP contribution in [0.15, 0.2) is 35.1 Å². The first-order chi connectivity index (χ1) is 9.52. The third-order valence-corrected chi connectivity index (χ3v) is 3.90. The third-order valence-electron chi connectivity index (χ3n) is 3.90. The van der Waals surface area contributed by atoms with Crippen LogP contribution in [0.3, 0.4) is 0 Å². The van der Waals surface area contributed by atoms with E-state index < -0.39 is 5.60 Å². The van der Waals surface area contributed by atoms with E-state index in [1.54, 1.807) is 29.2 Å². The van der Waals surface area contributed by atoms with Gasteiger partial charge in [-0.3, -0.25) is 9.59 Å². The molecule has 0 bridgehead atoms. The number of aliphatic hydroxyl groups is 1. The summed E-state index contributed by atoms with van der Waals surface area (Å²) in [5.41, 5.74) is -0.767. The van der Waals surface area contributed by atoms with Crippen molar-refractivity contribution < 1.29 is 9.90 Å². The Labute approximate surface area is 115 Å². The minimum Gasteiger partial charge on any atom is -0.386 e. The number of nitrogens with one attached hydrogen (secondary N) is 1. The zero-order valence-corrected chi connectivity index (χ0v) is 11.2. The zero-order chi connectivity index (χ0) is 14.3. The van der Waals surface area contributed by atoms with Gasteiger partial charge in [0.2, 0.25) is 0 Å². The minimum atomic E-state index is -0.771. The maximum absolute atomic E-state index is 12.3. The Balaban J connectivity index is 1.92. The van der Waals surface area contributed by atoms with Crippen LogP contribution < -0.4 is 5.56 Å². The van der Waals surface area contributed by atoms with Gasteiger partial charge in [-0.05, 0) is 23.9 Å². The number of nitrogens with zero attached hydrogens (tertiary/aromatic N) is 1. The molecule has 2 aromatic rings. The highest BCUT2D eigenvalue weighted by Crippen LogP contribution is 2.25. The fourth-order valence-corrected chi connectivity index (χ4v) is 2.53. The average Bonchev–Trinajstić information content (AvgIpc) is 2.43. The van der Waals surface area contributed by atoms with Crippen molar-refractivity contribution in [2.24, 2.45) is 0 Å². The van der Waals surface area contributed by atoms with Crippen LogP contribution in [0.2, 0.25) is 0 Å². The number of β-amino-alcohol motifs (C(OH)–C–C–N with tert-alkyl or cyclic N) is 1. The van der Waals surface area contributed by atoms with Crippen LogP contribution in [0.4, 0.5) is 0 Å².